The largest absolute Gasteiger partial charge is 0.336 e. The van der Waals surface area contributed by atoms with Crippen LogP contribution < -0.4 is 4.57 Å². The van der Waals surface area contributed by atoms with E-state index >= 15 is 0 Å². The van der Waals surface area contributed by atoms with Crippen LogP contribution in [0.3, 0.4) is 0 Å². The molecule has 0 N–H and O–H groups in total. The Kier molecular flexibility index (Phi) is 2.04. The third kappa shape index (κ3) is 1.51. The lowest BCUT2D eigenvalue weighted by Gasteiger charge is -2.18. The monoisotopic (exact) mass is 191 g/mol. The van der Waals surface area contributed by atoms with Crippen molar-refractivity contribution in [3.63, 3.8) is 0 Å². The molecule has 0 fully saturated rings. The molecule has 0 aliphatic carbocycles. The van der Waals surface area contributed by atoms with Crippen LogP contribution in [0.25, 0.3) is 0 Å². The molecule has 2 rings (SSSR count). The fraction of sp³-hybridized carbons (Fsp3) is 0.300. The lowest BCUT2D eigenvalue weighted by atomic mass is 10.6. The highest BCUT2D eigenvalue weighted by atomic mass is 15.4. The SMILES string of the molecule is C=C1N(C)C=CN1Cn1cc[n+](C)c1. The normalized spacial score (nSPS) is 15.7. The number of hydrogen-bond donors (Lipinski definition) is 0. The molecule has 0 atom stereocenters. The first-order valence-electron chi connectivity index (χ1n) is 4.54. The molecule has 0 unspecified atom stereocenters. The maximum atomic E-state index is 3.99. The van der Waals surface area contributed by atoms with Crippen LogP contribution in [0.1, 0.15) is 0 Å². The Hall–Kier alpha value is -1.71. The van der Waals surface area contributed by atoms with Gasteiger partial charge in [-0.15, -0.1) is 0 Å². The molecule has 0 saturated carbocycles. The molecule has 2 heterocycles. The average molecular weight is 191 g/mol. The topological polar surface area (TPSA) is 15.3 Å². The Morgan fingerprint density at radius 3 is 2.71 bits per heavy atom. The van der Waals surface area contributed by atoms with E-state index in [1.807, 2.05) is 54.7 Å². The van der Waals surface area contributed by atoms with Crippen molar-refractivity contribution in [3.05, 3.63) is 43.5 Å². The predicted molar refractivity (Wildman–Crippen MR) is 53.5 cm³/mol. The lowest BCUT2D eigenvalue weighted by molar-refractivity contribution is -0.671. The van der Waals surface area contributed by atoms with Crippen LogP contribution in [0.2, 0.25) is 0 Å². The first-order chi connectivity index (χ1) is 6.66. The van der Waals surface area contributed by atoms with Gasteiger partial charge in [-0.05, 0) is 0 Å². The highest BCUT2D eigenvalue weighted by molar-refractivity contribution is 5.08. The second kappa shape index (κ2) is 3.21. The molecule has 1 aromatic heterocycles. The van der Waals surface area contributed by atoms with E-state index in [1.165, 1.54) is 0 Å². The van der Waals surface area contributed by atoms with Crippen molar-refractivity contribution < 1.29 is 4.57 Å². The zero-order chi connectivity index (χ0) is 10.1. The van der Waals surface area contributed by atoms with Gasteiger partial charge in [-0.2, -0.15) is 0 Å². The molecule has 74 valence electrons. The minimum atomic E-state index is 0.806. The van der Waals surface area contributed by atoms with Gasteiger partial charge in [-0.3, -0.25) is 4.90 Å². The Morgan fingerprint density at radius 1 is 1.43 bits per heavy atom. The molecule has 14 heavy (non-hydrogen) atoms. The van der Waals surface area contributed by atoms with Crippen molar-refractivity contribution in [1.29, 1.82) is 0 Å². The number of aryl methyl sites for hydroxylation is 1. The van der Waals surface area contributed by atoms with E-state index in [0.29, 0.717) is 0 Å². The standard InChI is InChI=1S/C10H15N4/c1-10-12(3)5-7-14(10)9-13-6-4-11(2)8-13/h4-8H,1,9H2,2-3H3/q+1. The lowest BCUT2D eigenvalue weighted by Crippen LogP contribution is -2.26. The van der Waals surface area contributed by atoms with Crippen LogP contribution in [0.4, 0.5) is 0 Å². The van der Waals surface area contributed by atoms with Gasteiger partial charge in [0.05, 0.1) is 7.05 Å². The highest BCUT2D eigenvalue weighted by Gasteiger charge is 2.15. The van der Waals surface area contributed by atoms with Gasteiger partial charge in [0.25, 0.3) is 0 Å². The van der Waals surface area contributed by atoms with Crippen LogP contribution in [-0.4, -0.2) is 21.4 Å². The van der Waals surface area contributed by atoms with E-state index in [2.05, 4.69) is 16.0 Å². The summed E-state index contributed by atoms with van der Waals surface area (Å²) in [5, 5.41) is 0. The number of aromatic nitrogens is 2. The van der Waals surface area contributed by atoms with Crippen molar-refractivity contribution in [1.82, 2.24) is 14.4 Å². The van der Waals surface area contributed by atoms with Crippen molar-refractivity contribution in [2.75, 3.05) is 7.05 Å². The zero-order valence-electron chi connectivity index (χ0n) is 8.59. The summed E-state index contributed by atoms with van der Waals surface area (Å²) in [4.78, 5) is 4.10. The molecule has 0 radical (unpaired) electrons. The zero-order valence-corrected chi connectivity index (χ0v) is 8.59. The number of nitrogens with zero attached hydrogens (tertiary/aromatic N) is 4. The molecule has 4 heteroatoms. The van der Waals surface area contributed by atoms with Crippen molar-refractivity contribution >= 4 is 0 Å². The molecule has 0 spiro atoms. The highest BCUT2D eigenvalue weighted by Crippen LogP contribution is 2.15. The van der Waals surface area contributed by atoms with Gasteiger partial charge in [0.15, 0.2) is 6.67 Å². The molecule has 0 saturated heterocycles. The molecular weight excluding hydrogens is 176 g/mol. The Bertz CT molecular complexity index is 377. The van der Waals surface area contributed by atoms with E-state index in [1.54, 1.807) is 0 Å². The minimum absolute atomic E-state index is 0.806. The summed E-state index contributed by atoms with van der Waals surface area (Å²) in [6, 6.07) is 0. The Morgan fingerprint density at radius 2 is 2.21 bits per heavy atom. The molecular formula is C10H15N4+. The quantitative estimate of drug-likeness (QED) is 0.631. The summed E-state index contributed by atoms with van der Waals surface area (Å²) in [5.74, 6) is 1.00. The fourth-order valence-electron chi connectivity index (χ4n) is 1.45. The predicted octanol–water partition coefficient (Wildman–Crippen LogP) is 0.460. The molecule has 0 bridgehead atoms. The van der Waals surface area contributed by atoms with Crippen LogP contribution in [0.15, 0.2) is 43.5 Å². The molecule has 0 aromatic carbocycles. The fourth-order valence-corrected chi connectivity index (χ4v) is 1.45. The van der Waals surface area contributed by atoms with Gasteiger partial charge in [0.1, 0.15) is 18.2 Å². The molecule has 1 aliphatic heterocycles. The second-order valence-corrected chi connectivity index (χ2v) is 3.53. The number of rotatable bonds is 2. The average Bonchev–Trinajstić information content (AvgIpc) is 2.67. The Labute approximate surface area is 84.0 Å². The molecule has 0 amide bonds. The van der Waals surface area contributed by atoms with Crippen molar-refractivity contribution in [3.8, 4) is 0 Å². The first-order valence-corrected chi connectivity index (χ1v) is 4.54. The van der Waals surface area contributed by atoms with E-state index in [0.717, 1.165) is 12.5 Å². The number of imidazole rings is 1. The van der Waals surface area contributed by atoms with E-state index in [-0.39, 0.29) is 0 Å². The van der Waals surface area contributed by atoms with E-state index < -0.39 is 0 Å². The van der Waals surface area contributed by atoms with Crippen LogP contribution in [-0.2, 0) is 13.7 Å². The summed E-state index contributed by atoms with van der Waals surface area (Å²) in [6.45, 7) is 4.79. The summed E-state index contributed by atoms with van der Waals surface area (Å²) in [6.07, 6.45) is 10.1. The third-order valence-corrected chi connectivity index (χ3v) is 2.35. The van der Waals surface area contributed by atoms with E-state index in [4.69, 9.17) is 0 Å². The minimum Gasteiger partial charge on any atom is -0.336 e. The summed E-state index contributed by atoms with van der Waals surface area (Å²) in [7, 11) is 4.01. The van der Waals surface area contributed by atoms with Crippen LogP contribution in [0.5, 0.6) is 0 Å². The summed E-state index contributed by atoms with van der Waals surface area (Å²) >= 11 is 0. The second-order valence-electron chi connectivity index (χ2n) is 3.53. The van der Waals surface area contributed by atoms with Gasteiger partial charge in [-0.25, -0.2) is 9.13 Å². The smallest absolute Gasteiger partial charge is 0.245 e. The van der Waals surface area contributed by atoms with Gasteiger partial charge in [0, 0.05) is 19.4 Å². The molecule has 1 aromatic rings. The van der Waals surface area contributed by atoms with E-state index in [9.17, 15) is 0 Å². The van der Waals surface area contributed by atoms with Gasteiger partial charge in [0.2, 0.25) is 6.33 Å². The third-order valence-electron chi connectivity index (χ3n) is 2.35. The Balaban J connectivity index is 2.06. The summed E-state index contributed by atoms with van der Waals surface area (Å²) < 4.78 is 4.13. The maximum Gasteiger partial charge on any atom is 0.245 e. The van der Waals surface area contributed by atoms with Crippen LogP contribution >= 0.6 is 0 Å². The molecule has 4 nitrogen and oxygen atoms in total. The summed E-state index contributed by atoms with van der Waals surface area (Å²) in [5.41, 5.74) is 0. The molecule has 1 aliphatic rings. The van der Waals surface area contributed by atoms with Gasteiger partial charge >= 0.3 is 0 Å². The van der Waals surface area contributed by atoms with Gasteiger partial charge < -0.3 is 4.90 Å². The maximum absolute atomic E-state index is 3.99. The number of hydrogen-bond acceptors (Lipinski definition) is 2. The van der Waals surface area contributed by atoms with Crippen molar-refractivity contribution in [2.45, 2.75) is 6.67 Å². The van der Waals surface area contributed by atoms with Crippen LogP contribution in [0, 0.1) is 0 Å². The van der Waals surface area contributed by atoms with Gasteiger partial charge in [-0.1, -0.05) is 6.58 Å². The van der Waals surface area contributed by atoms with Crippen molar-refractivity contribution in [2.24, 2.45) is 7.05 Å². The first kappa shape index (κ1) is 8.87.